The fourth-order valence-electron chi connectivity index (χ4n) is 2.80. The molecule has 2 heterocycles. The minimum absolute atomic E-state index is 0.0480. The molecule has 2 N–H and O–H groups in total. The number of piperidine rings is 2. The van der Waals surface area contributed by atoms with Crippen LogP contribution in [-0.4, -0.2) is 47.6 Å². The van der Waals surface area contributed by atoms with Crippen LogP contribution in [0.1, 0.15) is 32.6 Å². The van der Waals surface area contributed by atoms with Gasteiger partial charge in [-0.05, 0) is 32.1 Å². The monoisotopic (exact) mass is 254 g/mol. The van der Waals surface area contributed by atoms with Gasteiger partial charge in [-0.15, -0.1) is 0 Å². The Balaban J connectivity index is 1.82. The summed E-state index contributed by atoms with van der Waals surface area (Å²) in [6, 6.07) is 0. The number of nitrogens with one attached hydrogen (secondary N) is 1. The molecule has 2 fully saturated rings. The van der Waals surface area contributed by atoms with E-state index in [0.29, 0.717) is 25.3 Å². The molecule has 2 aliphatic heterocycles. The molecule has 5 nitrogen and oxygen atoms in total. The summed E-state index contributed by atoms with van der Waals surface area (Å²) >= 11 is 0. The van der Waals surface area contributed by atoms with E-state index in [2.05, 4.69) is 5.32 Å². The second-order valence-corrected chi connectivity index (χ2v) is 5.44. The number of hydrogen-bond acceptors (Lipinski definition) is 3. The van der Waals surface area contributed by atoms with Gasteiger partial charge in [0.15, 0.2) is 0 Å². The standard InChI is InChI=1S/C13H22N2O3/c1-9(16)10-4-6-15(7-5-10)13(18)11-2-3-12(17)14-8-11/h9-11,16H,2-8H2,1H3,(H,14,17). The molecule has 5 heteroatoms. The summed E-state index contributed by atoms with van der Waals surface area (Å²) in [5.41, 5.74) is 0. The molecule has 0 aromatic rings. The van der Waals surface area contributed by atoms with Crippen molar-refractivity contribution in [1.82, 2.24) is 10.2 Å². The number of rotatable bonds is 2. The number of likely N-dealkylation sites (tertiary alicyclic amines) is 1. The molecule has 18 heavy (non-hydrogen) atoms. The van der Waals surface area contributed by atoms with Crippen LogP contribution >= 0.6 is 0 Å². The van der Waals surface area contributed by atoms with Gasteiger partial charge in [0.2, 0.25) is 11.8 Å². The molecular weight excluding hydrogens is 232 g/mol. The molecule has 2 rings (SSSR count). The lowest BCUT2D eigenvalue weighted by Gasteiger charge is -2.36. The van der Waals surface area contributed by atoms with Crippen molar-refractivity contribution in [1.29, 1.82) is 0 Å². The van der Waals surface area contributed by atoms with E-state index in [9.17, 15) is 14.7 Å². The predicted octanol–water partition coefficient (Wildman–Crippen LogP) is 0.132. The first kappa shape index (κ1) is 13.3. The second-order valence-electron chi connectivity index (χ2n) is 5.44. The summed E-state index contributed by atoms with van der Waals surface area (Å²) in [6.45, 7) is 3.77. The third kappa shape index (κ3) is 3.02. The third-order valence-corrected chi connectivity index (χ3v) is 4.15. The van der Waals surface area contributed by atoms with E-state index in [1.54, 1.807) is 0 Å². The van der Waals surface area contributed by atoms with Crippen molar-refractivity contribution in [2.45, 2.75) is 38.7 Å². The molecule has 0 aromatic heterocycles. The molecule has 2 saturated heterocycles. The van der Waals surface area contributed by atoms with Gasteiger partial charge in [-0.2, -0.15) is 0 Å². The molecule has 102 valence electrons. The number of nitrogens with zero attached hydrogens (tertiary/aromatic N) is 1. The quantitative estimate of drug-likeness (QED) is 0.736. The predicted molar refractivity (Wildman–Crippen MR) is 66.7 cm³/mol. The molecule has 0 bridgehead atoms. The average molecular weight is 254 g/mol. The van der Waals surface area contributed by atoms with E-state index in [0.717, 1.165) is 25.9 Å². The van der Waals surface area contributed by atoms with Crippen LogP contribution in [0, 0.1) is 11.8 Å². The van der Waals surface area contributed by atoms with E-state index >= 15 is 0 Å². The SMILES string of the molecule is CC(O)C1CCN(C(=O)C2CCC(=O)NC2)CC1. The Kier molecular flexibility index (Phi) is 4.22. The van der Waals surface area contributed by atoms with Crippen molar-refractivity contribution in [2.24, 2.45) is 11.8 Å². The van der Waals surface area contributed by atoms with Crippen LogP contribution in [0.25, 0.3) is 0 Å². The molecule has 2 amide bonds. The van der Waals surface area contributed by atoms with Crippen molar-refractivity contribution < 1.29 is 14.7 Å². The van der Waals surface area contributed by atoms with Crippen molar-refractivity contribution >= 4 is 11.8 Å². The Labute approximate surface area is 108 Å². The first-order valence-corrected chi connectivity index (χ1v) is 6.81. The van der Waals surface area contributed by atoms with Gasteiger partial charge >= 0.3 is 0 Å². The minimum Gasteiger partial charge on any atom is -0.393 e. The highest BCUT2D eigenvalue weighted by atomic mass is 16.3. The number of hydrogen-bond donors (Lipinski definition) is 2. The Morgan fingerprint density at radius 2 is 2.06 bits per heavy atom. The van der Waals surface area contributed by atoms with E-state index in [1.807, 2.05) is 11.8 Å². The maximum Gasteiger partial charge on any atom is 0.227 e. The van der Waals surface area contributed by atoms with Gasteiger partial charge in [0.05, 0.1) is 12.0 Å². The van der Waals surface area contributed by atoms with Crippen molar-refractivity contribution in [3.63, 3.8) is 0 Å². The van der Waals surface area contributed by atoms with Crippen LogP contribution in [0.5, 0.6) is 0 Å². The Hall–Kier alpha value is -1.10. The number of aliphatic hydroxyl groups is 1. The Morgan fingerprint density at radius 1 is 1.39 bits per heavy atom. The second kappa shape index (κ2) is 5.69. The first-order chi connectivity index (χ1) is 8.58. The fourth-order valence-corrected chi connectivity index (χ4v) is 2.80. The van der Waals surface area contributed by atoms with Crippen molar-refractivity contribution in [2.75, 3.05) is 19.6 Å². The van der Waals surface area contributed by atoms with Crippen molar-refractivity contribution in [3.05, 3.63) is 0 Å². The van der Waals surface area contributed by atoms with Crippen LogP contribution in [0.3, 0.4) is 0 Å². The van der Waals surface area contributed by atoms with Gasteiger partial charge in [0.25, 0.3) is 0 Å². The maximum atomic E-state index is 12.2. The first-order valence-electron chi connectivity index (χ1n) is 6.81. The molecule has 0 radical (unpaired) electrons. The number of aliphatic hydroxyl groups excluding tert-OH is 1. The van der Waals surface area contributed by atoms with Crippen LogP contribution in [0.4, 0.5) is 0 Å². The minimum atomic E-state index is -0.281. The molecule has 2 unspecified atom stereocenters. The largest absolute Gasteiger partial charge is 0.393 e. The zero-order chi connectivity index (χ0) is 13.1. The van der Waals surface area contributed by atoms with Gasteiger partial charge < -0.3 is 15.3 Å². The molecule has 2 aliphatic rings. The fraction of sp³-hybridized carbons (Fsp3) is 0.846. The molecule has 0 spiro atoms. The van der Waals surface area contributed by atoms with Gasteiger partial charge in [-0.25, -0.2) is 0 Å². The highest BCUT2D eigenvalue weighted by Gasteiger charge is 2.31. The van der Waals surface area contributed by atoms with E-state index in [1.165, 1.54) is 0 Å². The van der Waals surface area contributed by atoms with Crippen molar-refractivity contribution in [3.8, 4) is 0 Å². The molecule has 0 aromatic carbocycles. The van der Waals surface area contributed by atoms with Gasteiger partial charge in [0.1, 0.15) is 0 Å². The lowest BCUT2D eigenvalue weighted by Crippen LogP contribution is -2.48. The highest BCUT2D eigenvalue weighted by molar-refractivity contribution is 5.83. The third-order valence-electron chi connectivity index (χ3n) is 4.15. The summed E-state index contributed by atoms with van der Waals surface area (Å²) in [5.74, 6) is 0.483. The van der Waals surface area contributed by atoms with Crippen LogP contribution < -0.4 is 5.32 Å². The topological polar surface area (TPSA) is 69.6 Å². The van der Waals surface area contributed by atoms with Gasteiger partial charge in [-0.1, -0.05) is 0 Å². The lowest BCUT2D eigenvalue weighted by atomic mass is 9.90. The summed E-state index contributed by atoms with van der Waals surface area (Å²) < 4.78 is 0. The summed E-state index contributed by atoms with van der Waals surface area (Å²) in [7, 11) is 0. The summed E-state index contributed by atoms with van der Waals surface area (Å²) in [5, 5.41) is 12.3. The summed E-state index contributed by atoms with van der Waals surface area (Å²) in [6.07, 6.45) is 2.60. The van der Waals surface area contributed by atoms with E-state index < -0.39 is 0 Å². The van der Waals surface area contributed by atoms with Crippen LogP contribution in [-0.2, 0) is 9.59 Å². The number of carbonyl (C=O) groups is 2. The number of amides is 2. The lowest BCUT2D eigenvalue weighted by molar-refractivity contribution is -0.139. The maximum absolute atomic E-state index is 12.2. The highest BCUT2D eigenvalue weighted by Crippen LogP contribution is 2.23. The van der Waals surface area contributed by atoms with E-state index in [4.69, 9.17) is 0 Å². The molecule has 0 saturated carbocycles. The van der Waals surface area contributed by atoms with Gasteiger partial charge in [0, 0.05) is 26.1 Å². The average Bonchev–Trinajstić information content (AvgIpc) is 2.39. The smallest absolute Gasteiger partial charge is 0.227 e. The molecule has 2 atom stereocenters. The molecule has 0 aliphatic carbocycles. The summed E-state index contributed by atoms with van der Waals surface area (Å²) in [4.78, 5) is 25.2. The normalized spacial score (nSPS) is 27.8. The molecular formula is C13H22N2O3. The number of carbonyl (C=O) groups excluding carboxylic acids is 2. The Morgan fingerprint density at radius 3 is 2.56 bits per heavy atom. The zero-order valence-electron chi connectivity index (χ0n) is 10.9. The van der Waals surface area contributed by atoms with Crippen LogP contribution in [0.15, 0.2) is 0 Å². The van der Waals surface area contributed by atoms with E-state index in [-0.39, 0.29) is 23.8 Å². The Bertz CT molecular complexity index is 312. The van der Waals surface area contributed by atoms with Crippen LogP contribution in [0.2, 0.25) is 0 Å². The zero-order valence-corrected chi connectivity index (χ0v) is 10.9. The van der Waals surface area contributed by atoms with Gasteiger partial charge in [-0.3, -0.25) is 9.59 Å².